The summed E-state index contributed by atoms with van der Waals surface area (Å²) < 4.78 is 6.46. The van der Waals surface area contributed by atoms with E-state index in [4.69, 9.17) is 4.74 Å². The Morgan fingerprint density at radius 1 is 1.10 bits per heavy atom. The summed E-state index contributed by atoms with van der Waals surface area (Å²) in [5.74, 6) is 0.410. The minimum Gasteiger partial charge on any atom is -0.497 e. The Morgan fingerprint density at radius 2 is 1.87 bits per heavy atom. The maximum Gasteiger partial charge on any atom is 0.279 e. The van der Waals surface area contributed by atoms with Gasteiger partial charge in [-0.05, 0) is 62.4 Å². The highest BCUT2D eigenvalue weighted by atomic mass is 16.5. The fourth-order valence-electron chi connectivity index (χ4n) is 3.81. The highest BCUT2D eigenvalue weighted by Crippen LogP contribution is 2.20. The van der Waals surface area contributed by atoms with E-state index in [-0.39, 0.29) is 17.2 Å². The third-order valence-corrected chi connectivity index (χ3v) is 5.45. The van der Waals surface area contributed by atoms with Crippen molar-refractivity contribution in [2.24, 2.45) is 0 Å². The standard InChI is InChI=1S/C24H25N3O3/c1-30-19-13-11-18(12-14-19)27-24(29)21-10-6-5-9-20(21)22(26-27)23(28)25-16-15-17-7-3-2-4-8-17/h5-7,9-14H,2-4,8,15-16H2,1H3,(H,25,28). The number of amides is 1. The van der Waals surface area contributed by atoms with Gasteiger partial charge in [0.2, 0.25) is 0 Å². The van der Waals surface area contributed by atoms with Crippen LogP contribution in [0.3, 0.4) is 0 Å². The molecule has 1 N–H and O–H groups in total. The minimum absolute atomic E-state index is 0.249. The number of hydrogen-bond acceptors (Lipinski definition) is 4. The number of hydrogen-bond donors (Lipinski definition) is 1. The average molecular weight is 403 g/mol. The van der Waals surface area contributed by atoms with Gasteiger partial charge < -0.3 is 10.1 Å². The van der Waals surface area contributed by atoms with Crippen LogP contribution in [0, 0.1) is 0 Å². The molecule has 3 aromatic rings. The van der Waals surface area contributed by atoms with E-state index in [2.05, 4.69) is 16.5 Å². The van der Waals surface area contributed by atoms with Gasteiger partial charge in [0.25, 0.3) is 11.5 Å². The van der Waals surface area contributed by atoms with Gasteiger partial charge in [0.1, 0.15) is 5.75 Å². The predicted octanol–water partition coefficient (Wildman–Crippen LogP) is 4.01. The van der Waals surface area contributed by atoms with Crippen LogP contribution in [0.5, 0.6) is 5.75 Å². The molecular formula is C24H25N3O3. The van der Waals surface area contributed by atoms with E-state index in [1.54, 1.807) is 49.6 Å². The average Bonchev–Trinajstić information content (AvgIpc) is 2.80. The van der Waals surface area contributed by atoms with Crippen LogP contribution >= 0.6 is 0 Å². The Hall–Kier alpha value is -3.41. The number of nitrogens with zero attached hydrogens (tertiary/aromatic N) is 2. The van der Waals surface area contributed by atoms with Crippen molar-refractivity contribution in [3.63, 3.8) is 0 Å². The van der Waals surface area contributed by atoms with E-state index in [1.807, 2.05) is 6.07 Å². The van der Waals surface area contributed by atoms with Crippen molar-refractivity contribution in [3.05, 3.63) is 76.2 Å². The molecule has 30 heavy (non-hydrogen) atoms. The molecule has 0 bridgehead atoms. The van der Waals surface area contributed by atoms with Crippen molar-refractivity contribution in [2.45, 2.75) is 32.1 Å². The largest absolute Gasteiger partial charge is 0.497 e. The molecule has 0 saturated heterocycles. The van der Waals surface area contributed by atoms with Crippen molar-refractivity contribution in [2.75, 3.05) is 13.7 Å². The molecule has 1 aliphatic carbocycles. The number of fused-ring (bicyclic) bond motifs is 1. The molecule has 0 saturated carbocycles. The third kappa shape index (κ3) is 4.13. The van der Waals surface area contributed by atoms with Crippen molar-refractivity contribution < 1.29 is 9.53 Å². The van der Waals surface area contributed by atoms with Crippen molar-refractivity contribution in [3.8, 4) is 11.4 Å². The van der Waals surface area contributed by atoms with Crippen LogP contribution in [0.15, 0.2) is 65.0 Å². The fourth-order valence-corrected chi connectivity index (χ4v) is 3.81. The molecule has 0 radical (unpaired) electrons. The predicted molar refractivity (Wildman–Crippen MR) is 117 cm³/mol. The maximum absolute atomic E-state index is 13.0. The molecule has 1 aliphatic rings. The van der Waals surface area contributed by atoms with Gasteiger partial charge >= 0.3 is 0 Å². The summed E-state index contributed by atoms with van der Waals surface area (Å²) in [5.41, 5.74) is 1.97. The van der Waals surface area contributed by atoms with Gasteiger partial charge in [-0.3, -0.25) is 9.59 Å². The summed E-state index contributed by atoms with van der Waals surface area (Å²) in [6.45, 7) is 0.558. The van der Waals surface area contributed by atoms with Gasteiger partial charge in [0.15, 0.2) is 5.69 Å². The van der Waals surface area contributed by atoms with Crippen molar-refractivity contribution in [1.29, 1.82) is 0 Å². The maximum atomic E-state index is 13.0. The van der Waals surface area contributed by atoms with Crippen LogP contribution in [-0.4, -0.2) is 29.3 Å². The van der Waals surface area contributed by atoms with Crippen LogP contribution < -0.4 is 15.6 Å². The van der Waals surface area contributed by atoms with Crippen LogP contribution in [0.1, 0.15) is 42.6 Å². The van der Waals surface area contributed by atoms with Crippen molar-refractivity contribution >= 4 is 16.7 Å². The number of nitrogens with one attached hydrogen (secondary N) is 1. The highest BCUT2D eigenvalue weighted by molar-refractivity contribution is 6.04. The molecule has 1 amide bonds. The molecule has 1 aromatic heterocycles. The van der Waals surface area contributed by atoms with Crippen LogP contribution in [0.4, 0.5) is 0 Å². The Kier molecular flexibility index (Phi) is 5.93. The van der Waals surface area contributed by atoms with E-state index in [0.717, 1.165) is 19.3 Å². The monoisotopic (exact) mass is 403 g/mol. The quantitative estimate of drug-likeness (QED) is 0.631. The van der Waals surface area contributed by atoms with Gasteiger partial charge in [-0.2, -0.15) is 9.78 Å². The number of carbonyl (C=O) groups excluding carboxylic acids is 1. The number of rotatable bonds is 6. The third-order valence-electron chi connectivity index (χ3n) is 5.45. The zero-order valence-corrected chi connectivity index (χ0v) is 17.1. The summed E-state index contributed by atoms with van der Waals surface area (Å²) in [5, 5.41) is 8.42. The fraction of sp³-hybridized carbons (Fsp3) is 0.292. The first-order chi connectivity index (χ1) is 14.7. The van der Waals surface area contributed by atoms with E-state index in [1.165, 1.54) is 23.1 Å². The number of ether oxygens (including phenoxy) is 1. The second-order valence-corrected chi connectivity index (χ2v) is 7.42. The van der Waals surface area contributed by atoms with Crippen LogP contribution in [-0.2, 0) is 0 Å². The van der Waals surface area contributed by atoms with E-state index in [9.17, 15) is 9.59 Å². The summed E-state index contributed by atoms with van der Waals surface area (Å²) >= 11 is 0. The molecule has 0 spiro atoms. The molecular weight excluding hydrogens is 378 g/mol. The molecule has 0 aliphatic heterocycles. The van der Waals surface area contributed by atoms with E-state index in [0.29, 0.717) is 28.8 Å². The van der Waals surface area contributed by atoms with Gasteiger partial charge in [0, 0.05) is 11.9 Å². The SMILES string of the molecule is COc1ccc(-n2nc(C(=O)NCCC3=CCCCC3)c3ccccc3c2=O)cc1. The number of carbonyl (C=O) groups is 1. The lowest BCUT2D eigenvalue weighted by atomic mass is 9.97. The topological polar surface area (TPSA) is 73.2 Å². The second-order valence-electron chi connectivity index (χ2n) is 7.42. The molecule has 6 heteroatoms. The zero-order valence-electron chi connectivity index (χ0n) is 17.1. The normalized spacial score (nSPS) is 13.7. The molecule has 0 atom stereocenters. The molecule has 6 nitrogen and oxygen atoms in total. The minimum atomic E-state index is -0.273. The Morgan fingerprint density at radius 3 is 2.57 bits per heavy atom. The second kappa shape index (κ2) is 8.95. The molecule has 154 valence electrons. The first-order valence-corrected chi connectivity index (χ1v) is 10.3. The number of aromatic nitrogens is 2. The number of benzene rings is 2. The molecule has 2 aromatic carbocycles. The summed E-state index contributed by atoms with van der Waals surface area (Å²) in [6, 6.07) is 14.1. The van der Waals surface area contributed by atoms with Gasteiger partial charge in [-0.15, -0.1) is 0 Å². The smallest absolute Gasteiger partial charge is 0.279 e. The lowest BCUT2D eigenvalue weighted by molar-refractivity contribution is 0.0949. The van der Waals surface area contributed by atoms with E-state index < -0.39 is 0 Å². The molecule has 1 heterocycles. The van der Waals surface area contributed by atoms with Gasteiger partial charge in [-0.25, -0.2) is 0 Å². The van der Waals surface area contributed by atoms with Crippen LogP contribution in [0.2, 0.25) is 0 Å². The zero-order chi connectivity index (χ0) is 20.9. The lowest BCUT2D eigenvalue weighted by Gasteiger charge is -2.14. The summed E-state index contributed by atoms with van der Waals surface area (Å²) in [6.07, 6.45) is 7.84. The van der Waals surface area contributed by atoms with E-state index >= 15 is 0 Å². The highest BCUT2D eigenvalue weighted by Gasteiger charge is 2.17. The van der Waals surface area contributed by atoms with Crippen molar-refractivity contribution in [1.82, 2.24) is 15.1 Å². The number of allylic oxidation sites excluding steroid dienone is 1. The molecule has 0 unspecified atom stereocenters. The van der Waals surface area contributed by atoms with Crippen LogP contribution in [0.25, 0.3) is 16.5 Å². The van der Waals surface area contributed by atoms with Gasteiger partial charge in [0.05, 0.1) is 18.2 Å². The molecule has 0 fully saturated rings. The number of methoxy groups -OCH3 is 1. The first kappa shape index (κ1) is 19.9. The summed E-state index contributed by atoms with van der Waals surface area (Å²) in [4.78, 5) is 26.0. The van der Waals surface area contributed by atoms with Gasteiger partial charge in [-0.1, -0.05) is 29.8 Å². The lowest BCUT2D eigenvalue weighted by Crippen LogP contribution is -2.30. The Bertz CT molecular complexity index is 1150. The molecule has 4 rings (SSSR count). The Balaban J connectivity index is 1.66. The summed E-state index contributed by atoms with van der Waals surface area (Å²) in [7, 11) is 1.58. The Labute approximate surface area is 175 Å². The first-order valence-electron chi connectivity index (χ1n) is 10.3.